The summed E-state index contributed by atoms with van der Waals surface area (Å²) in [7, 11) is 0. The van der Waals surface area contributed by atoms with Crippen molar-refractivity contribution in [3.63, 3.8) is 0 Å². The van der Waals surface area contributed by atoms with Crippen LogP contribution in [0.3, 0.4) is 0 Å². The van der Waals surface area contributed by atoms with Gasteiger partial charge in [-0.15, -0.1) is 0 Å². The third kappa shape index (κ3) is 5.23. The topological polar surface area (TPSA) is 43.1 Å². The number of rotatable bonds is 4. The summed E-state index contributed by atoms with van der Waals surface area (Å²) in [6.07, 6.45) is 2.81. The summed E-state index contributed by atoms with van der Waals surface area (Å²) in [6, 6.07) is -0.234. The molecule has 0 aromatic heterocycles. The fraction of sp³-hybridized carbons (Fsp3) is 0.800. The van der Waals surface area contributed by atoms with Gasteiger partial charge < -0.3 is 0 Å². The molecule has 2 nitrogen and oxygen atoms in total. The Morgan fingerprint density at radius 3 is 2.78 bits per heavy atom. The molecule has 4 heteroatoms. The molecule has 0 fully saturated rings. The van der Waals surface area contributed by atoms with Crippen molar-refractivity contribution in [2.24, 2.45) is 5.73 Å². The van der Waals surface area contributed by atoms with Crippen molar-refractivity contribution in [1.29, 1.82) is 0 Å². The maximum atomic E-state index is 10.5. The molecule has 53 valence electrons. The maximum absolute atomic E-state index is 10.5. The monoisotopic (exact) mass is 262 g/mol. The molecular weight excluding hydrogens is 250 g/mol. The standard InChI is InChI=1S/C5H10NOSTe/c1-8-3-2-4(6)5(7)9/h4H,2-3,6H2,1H3/t4-/m0/s1. The van der Waals surface area contributed by atoms with Crippen LogP contribution in [-0.4, -0.2) is 44.2 Å². The van der Waals surface area contributed by atoms with Crippen molar-refractivity contribution in [3.8, 4) is 0 Å². The summed E-state index contributed by atoms with van der Waals surface area (Å²) < 4.78 is 0.0971. The Labute approximate surface area is 72.8 Å². The van der Waals surface area contributed by atoms with Gasteiger partial charge in [0.25, 0.3) is 0 Å². The van der Waals surface area contributed by atoms with E-state index in [4.69, 9.17) is 5.73 Å². The van der Waals surface area contributed by atoms with Crippen molar-refractivity contribution in [3.05, 3.63) is 0 Å². The van der Waals surface area contributed by atoms with Crippen LogP contribution in [0.1, 0.15) is 6.42 Å². The molecule has 0 unspecified atom stereocenters. The Kier molecular flexibility index (Phi) is 6.02. The molecule has 0 spiro atoms. The first-order valence-electron chi connectivity index (χ1n) is 2.64. The first kappa shape index (κ1) is 9.77. The summed E-state index contributed by atoms with van der Waals surface area (Å²) in [5.41, 5.74) is 5.44. The Hall–Kier alpha value is 0.770. The van der Waals surface area contributed by atoms with Crippen LogP contribution >= 0.6 is 11.8 Å². The predicted molar refractivity (Wildman–Crippen MR) is 41.7 cm³/mol. The Morgan fingerprint density at radius 1 is 1.89 bits per heavy atom. The molecule has 0 rings (SSSR count). The summed E-state index contributed by atoms with van der Waals surface area (Å²) in [6.45, 7) is 0. The molecule has 0 bridgehead atoms. The van der Waals surface area contributed by atoms with Gasteiger partial charge in [-0.2, -0.15) is 0 Å². The van der Waals surface area contributed by atoms with Crippen molar-refractivity contribution >= 4 is 37.9 Å². The zero-order valence-electron chi connectivity index (χ0n) is 5.29. The Morgan fingerprint density at radius 2 is 2.44 bits per heavy atom. The van der Waals surface area contributed by atoms with E-state index in [0.29, 0.717) is 0 Å². The van der Waals surface area contributed by atoms with E-state index in [1.807, 2.05) is 6.26 Å². The molecule has 1 atom stereocenters. The van der Waals surface area contributed by atoms with Crippen molar-refractivity contribution < 1.29 is 4.79 Å². The summed E-state index contributed by atoms with van der Waals surface area (Å²) in [5, 5.41) is 0. The molecular formula is C5H10NOSTe. The third-order valence-electron chi connectivity index (χ3n) is 0.936. The summed E-state index contributed by atoms with van der Waals surface area (Å²) in [5.74, 6) is 0.975. The second kappa shape index (κ2) is 5.55. The first-order valence-corrected chi connectivity index (χ1v) is 5.19. The molecule has 0 aromatic carbocycles. The van der Waals surface area contributed by atoms with E-state index in [9.17, 15) is 4.79 Å². The Balaban J connectivity index is 3.27. The van der Waals surface area contributed by atoms with Crippen molar-refractivity contribution in [2.45, 2.75) is 12.5 Å². The van der Waals surface area contributed by atoms with Crippen LogP contribution in [0.2, 0.25) is 0 Å². The number of hydrogen-bond acceptors (Lipinski definition) is 3. The molecule has 1 radical (unpaired) electrons. The number of thioether (sulfide) groups is 1. The molecule has 0 aliphatic rings. The molecule has 0 aliphatic heterocycles. The van der Waals surface area contributed by atoms with Gasteiger partial charge in [-0.25, -0.2) is 0 Å². The average molecular weight is 260 g/mol. The normalized spacial score (nSPS) is 13.1. The van der Waals surface area contributed by atoms with E-state index in [0.717, 1.165) is 12.2 Å². The van der Waals surface area contributed by atoms with Gasteiger partial charge in [0.15, 0.2) is 0 Å². The van der Waals surface area contributed by atoms with Gasteiger partial charge in [0.1, 0.15) is 0 Å². The quantitative estimate of drug-likeness (QED) is 0.709. The van der Waals surface area contributed by atoms with Gasteiger partial charge >= 0.3 is 72.9 Å². The van der Waals surface area contributed by atoms with Gasteiger partial charge in [-0.05, 0) is 0 Å². The molecule has 9 heavy (non-hydrogen) atoms. The zero-order valence-corrected chi connectivity index (χ0v) is 8.44. The summed E-state index contributed by atoms with van der Waals surface area (Å²) in [4.78, 5) is 10.5. The predicted octanol–water partition coefficient (Wildman–Crippen LogP) is -0.238. The SMILES string of the molecule is CSCC[C@H](N)C(=O)[Te]. The van der Waals surface area contributed by atoms with E-state index >= 15 is 0 Å². The molecule has 0 saturated carbocycles. The average Bonchev–Trinajstić information content (AvgIpc) is 1.82. The van der Waals surface area contributed by atoms with Crippen molar-refractivity contribution in [2.75, 3.05) is 12.0 Å². The van der Waals surface area contributed by atoms with Crippen LogP contribution in [0.25, 0.3) is 0 Å². The molecule has 0 saturated heterocycles. The number of carbonyl (C=O) groups is 1. The van der Waals surface area contributed by atoms with Gasteiger partial charge in [0, 0.05) is 0 Å². The minimum atomic E-state index is -0.234. The van der Waals surface area contributed by atoms with Crippen molar-refractivity contribution in [1.82, 2.24) is 0 Å². The van der Waals surface area contributed by atoms with Crippen LogP contribution < -0.4 is 5.73 Å². The number of hydrogen-bond donors (Lipinski definition) is 1. The van der Waals surface area contributed by atoms with Crippen LogP contribution in [0.5, 0.6) is 0 Å². The molecule has 0 amide bonds. The summed E-state index contributed by atoms with van der Waals surface area (Å²) >= 11 is 3.18. The van der Waals surface area contributed by atoms with E-state index in [1.54, 1.807) is 11.8 Å². The number of nitrogens with two attached hydrogens (primary N) is 1. The molecule has 2 N–H and O–H groups in total. The van der Waals surface area contributed by atoms with Crippen LogP contribution in [0.4, 0.5) is 0 Å². The fourth-order valence-corrected chi connectivity index (χ4v) is 1.19. The van der Waals surface area contributed by atoms with Gasteiger partial charge in [0.05, 0.1) is 0 Å². The van der Waals surface area contributed by atoms with Gasteiger partial charge in [-0.3, -0.25) is 0 Å². The fourth-order valence-electron chi connectivity index (χ4n) is 0.363. The third-order valence-corrected chi connectivity index (χ3v) is 2.44. The van der Waals surface area contributed by atoms with Crippen LogP contribution in [0.15, 0.2) is 0 Å². The van der Waals surface area contributed by atoms with Crippen LogP contribution in [-0.2, 0) is 4.79 Å². The van der Waals surface area contributed by atoms with E-state index in [1.165, 1.54) is 22.3 Å². The second-order valence-corrected chi connectivity index (χ2v) is 3.84. The van der Waals surface area contributed by atoms with Crippen LogP contribution in [0, 0.1) is 0 Å². The zero-order chi connectivity index (χ0) is 7.28. The number of carbonyl (C=O) groups excluding carboxylic acids is 1. The molecule has 0 heterocycles. The van der Waals surface area contributed by atoms with Gasteiger partial charge in [-0.1, -0.05) is 0 Å². The first-order chi connectivity index (χ1) is 4.18. The van der Waals surface area contributed by atoms with E-state index in [2.05, 4.69) is 0 Å². The van der Waals surface area contributed by atoms with E-state index < -0.39 is 0 Å². The van der Waals surface area contributed by atoms with Gasteiger partial charge in [0.2, 0.25) is 0 Å². The minimum absolute atomic E-state index is 0.0971. The molecule has 0 aliphatic carbocycles. The second-order valence-electron chi connectivity index (χ2n) is 1.71. The van der Waals surface area contributed by atoms with E-state index in [-0.39, 0.29) is 9.87 Å². The molecule has 0 aromatic rings. The Bertz CT molecular complexity index is 99.0.